The van der Waals surface area contributed by atoms with E-state index < -0.39 is 17.5 Å². The maximum atomic E-state index is 12.0. The zero-order chi connectivity index (χ0) is 16.4. The van der Waals surface area contributed by atoms with Crippen LogP contribution in [0.2, 0.25) is 0 Å². The summed E-state index contributed by atoms with van der Waals surface area (Å²) in [4.78, 5) is 35.4. The lowest BCUT2D eigenvalue weighted by Crippen LogP contribution is -2.27. The number of amides is 1. The molecule has 0 aromatic carbocycles. The number of Topliss-reactive ketones (excluding diaryl/α,β-unsaturated/α-hetero) is 1. The molecule has 0 saturated carbocycles. The third-order valence-corrected chi connectivity index (χ3v) is 4.01. The first-order chi connectivity index (χ1) is 9.52. The van der Waals surface area contributed by atoms with E-state index in [0.717, 1.165) is 11.3 Å². The number of anilines is 1. The van der Waals surface area contributed by atoms with Gasteiger partial charge < -0.3 is 10.1 Å². The molecule has 0 aliphatic heterocycles. The minimum absolute atomic E-state index is 0.124. The number of thiophene rings is 1. The SMILES string of the molecule is CC(=O)C(C)OC(=O)c1sc(NC(=O)C(C)(C)C)cc1C. The maximum absolute atomic E-state index is 12.0. The highest BCUT2D eigenvalue weighted by molar-refractivity contribution is 7.18. The zero-order valence-corrected chi connectivity index (χ0v) is 14.0. The normalized spacial score (nSPS) is 12.7. The van der Waals surface area contributed by atoms with Crippen molar-refractivity contribution in [1.82, 2.24) is 0 Å². The molecule has 1 aromatic rings. The first-order valence-corrected chi connectivity index (χ1v) is 7.47. The van der Waals surface area contributed by atoms with E-state index in [9.17, 15) is 14.4 Å². The molecule has 0 spiro atoms. The van der Waals surface area contributed by atoms with Gasteiger partial charge in [0.25, 0.3) is 0 Å². The molecule has 0 bridgehead atoms. The number of aryl methyl sites for hydroxylation is 1. The predicted octanol–water partition coefficient (Wildman–Crippen LogP) is 3.18. The number of ether oxygens (including phenoxy) is 1. The van der Waals surface area contributed by atoms with E-state index >= 15 is 0 Å². The van der Waals surface area contributed by atoms with Gasteiger partial charge in [0.1, 0.15) is 4.88 Å². The Bertz CT molecular complexity index is 569. The van der Waals surface area contributed by atoms with Crippen LogP contribution >= 0.6 is 11.3 Å². The van der Waals surface area contributed by atoms with Gasteiger partial charge in [-0.2, -0.15) is 0 Å². The van der Waals surface area contributed by atoms with Gasteiger partial charge in [-0.3, -0.25) is 9.59 Å². The van der Waals surface area contributed by atoms with Crippen molar-refractivity contribution in [3.05, 3.63) is 16.5 Å². The number of carbonyl (C=O) groups excluding carboxylic acids is 3. The van der Waals surface area contributed by atoms with Crippen molar-refractivity contribution >= 4 is 34.0 Å². The molecule has 116 valence electrons. The van der Waals surface area contributed by atoms with Gasteiger partial charge in [0, 0.05) is 5.41 Å². The van der Waals surface area contributed by atoms with Crippen molar-refractivity contribution in [1.29, 1.82) is 0 Å². The number of carbonyl (C=O) groups is 3. The Morgan fingerprint density at radius 1 is 1.29 bits per heavy atom. The van der Waals surface area contributed by atoms with Crippen LogP contribution in [0.3, 0.4) is 0 Å². The first kappa shape index (κ1) is 17.4. The Balaban J connectivity index is 2.86. The van der Waals surface area contributed by atoms with E-state index in [1.807, 2.05) is 20.8 Å². The summed E-state index contributed by atoms with van der Waals surface area (Å²) in [7, 11) is 0. The molecule has 1 aromatic heterocycles. The summed E-state index contributed by atoms with van der Waals surface area (Å²) in [5, 5.41) is 3.37. The summed E-state index contributed by atoms with van der Waals surface area (Å²) in [5.74, 6) is -0.879. The van der Waals surface area contributed by atoms with Gasteiger partial charge in [-0.15, -0.1) is 11.3 Å². The molecular formula is C15H21NO4S. The minimum Gasteiger partial charge on any atom is -0.450 e. The highest BCUT2D eigenvalue weighted by atomic mass is 32.1. The van der Waals surface area contributed by atoms with E-state index in [1.165, 1.54) is 13.8 Å². The van der Waals surface area contributed by atoms with Gasteiger partial charge in [0.2, 0.25) is 5.91 Å². The Kier molecular flexibility index (Phi) is 5.28. The minimum atomic E-state index is -0.772. The highest BCUT2D eigenvalue weighted by Gasteiger charge is 2.24. The van der Waals surface area contributed by atoms with Crippen LogP contribution < -0.4 is 5.32 Å². The lowest BCUT2D eigenvalue weighted by molar-refractivity contribution is -0.124. The van der Waals surface area contributed by atoms with Crippen molar-refractivity contribution in [3.63, 3.8) is 0 Å². The van der Waals surface area contributed by atoms with Crippen molar-refractivity contribution in [2.75, 3.05) is 5.32 Å². The Morgan fingerprint density at radius 2 is 1.86 bits per heavy atom. The summed E-state index contributed by atoms with van der Waals surface area (Å²) in [6.07, 6.45) is -0.772. The van der Waals surface area contributed by atoms with Gasteiger partial charge in [0.05, 0.1) is 5.00 Å². The molecule has 21 heavy (non-hydrogen) atoms. The van der Waals surface area contributed by atoms with Gasteiger partial charge in [-0.25, -0.2) is 4.79 Å². The summed E-state index contributed by atoms with van der Waals surface area (Å²) >= 11 is 1.15. The fraction of sp³-hybridized carbons (Fsp3) is 0.533. The van der Waals surface area contributed by atoms with Crippen LogP contribution in [0, 0.1) is 12.3 Å². The Labute approximate surface area is 128 Å². The number of esters is 1. The molecule has 0 aliphatic rings. The van der Waals surface area contributed by atoms with Crippen molar-refractivity contribution in [3.8, 4) is 0 Å². The monoisotopic (exact) mass is 311 g/mol. The lowest BCUT2D eigenvalue weighted by atomic mass is 9.96. The van der Waals surface area contributed by atoms with Crippen LogP contribution in [-0.2, 0) is 14.3 Å². The van der Waals surface area contributed by atoms with E-state index in [0.29, 0.717) is 15.4 Å². The summed E-state index contributed by atoms with van der Waals surface area (Å²) in [6, 6.07) is 1.73. The van der Waals surface area contributed by atoms with E-state index in [2.05, 4.69) is 5.32 Å². The first-order valence-electron chi connectivity index (χ1n) is 6.65. The van der Waals surface area contributed by atoms with E-state index in [-0.39, 0.29) is 11.7 Å². The van der Waals surface area contributed by atoms with E-state index in [1.54, 1.807) is 13.0 Å². The molecule has 0 fully saturated rings. The van der Waals surface area contributed by atoms with E-state index in [4.69, 9.17) is 4.74 Å². The quantitative estimate of drug-likeness (QED) is 0.867. The third-order valence-electron chi connectivity index (χ3n) is 2.88. The molecular weight excluding hydrogens is 290 g/mol. The second-order valence-electron chi connectivity index (χ2n) is 5.99. The molecule has 1 N–H and O–H groups in total. The Morgan fingerprint density at radius 3 is 2.33 bits per heavy atom. The van der Waals surface area contributed by atoms with Crippen LogP contribution in [-0.4, -0.2) is 23.8 Å². The highest BCUT2D eigenvalue weighted by Crippen LogP contribution is 2.29. The average Bonchev–Trinajstić information content (AvgIpc) is 2.68. The molecule has 0 aliphatic carbocycles. The van der Waals surface area contributed by atoms with Crippen LogP contribution in [0.5, 0.6) is 0 Å². The van der Waals surface area contributed by atoms with Crippen molar-refractivity contribution in [2.45, 2.75) is 47.6 Å². The fourth-order valence-corrected chi connectivity index (χ4v) is 2.29. The van der Waals surface area contributed by atoms with Gasteiger partial charge in [-0.1, -0.05) is 20.8 Å². The zero-order valence-electron chi connectivity index (χ0n) is 13.2. The maximum Gasteiger partial charge on any atom is 0.349 e. The number of hydrogen-bond acceptors (Lipinski definition) is 5. The molecule has 1 unspecified atom stereocenters. The summed E-state index contributed by atoms with van der Waals surface area (Å²) in [5.41, 5.74) is 0.201. The number of ketones is 1. The second-order valence-corrected chi connectivity index (χ2v) is 7.04. The lowest BCUT2D eigenvalue weighted by Gasteiger charge is -2.16. The molecule has 1 heterocycles. The molecule has 0 saturated heterocycles. The molecule has 0 radical (unpaired) electrons. The van der Waals surface area contributed by atoms with Crippen LogP contribution in [0.15, 0.2) is 6.07 Å². The number of nitrogens with one attached hydrogen (secondary N) is 1. The van der Waals surface area contributed by atoms with Crippen molar-refractivity contribution < 1.29 is 19.1 Å². The summed E-state index contributed by atoms with van der Waals surface area (Å²) in [6.45, 7) is 10.1. The molecule has 1 atom stereocenters. The molecule has 1 amide bonds. The number of rotatable bonds is 4. The van der Waals surface area contributed by atoms with Gasteiger partial charge in [0.15, 0.2) is 11.9 Å². The Hall–Kier alpha value is -1.69. The fourth-order valence-electron chi connectivity index (χ4n) is 1.34. The van der Waals surface area contributed by atoms with Gasteiger partial charge in [-0.05, 0) is 32.4 Å². The van der Waals surface area contributed by atoms with Crippen LogP contribution in [0.1, 0.15) is 49.9 Å². The van der Waals surface area contributed by atoms with Gasteiger partial charge >= 0.3 is 5.97 Å². The summed E-state index contributed by atoms with van der Waals surface area (Å²) < 4.78 is 5.07. The standard InChI is InChI=1S/C15H21NO4S/c1-8-7-11(16-14(19)15(4,5)6)21-12(8)13(18)20-10(3)9(2)17/h7,10H,1-6H3,(H,16,19). The number of hydrogen-bond donors (Lipinski definition) is 1. The topological polar surface area (TPSA) is 72.5 Å². The average molecular weight is 311 g/mol. The predicted molar refractivity (Wildman–Crippen MR) is 82.7 cm³/mol. The van der Waals surface area contributed by atoms with Crippen LogP contribution in [0.4, 0.5) is 5.00 Å². The molecule has 6 heteroatoms. The van der Waals surface area contributed by atoms with Crippen molar-refractivity contribution in [2.24, 2.45) is 5.41 Å². The molecule has 5 nitrogen and oxygen atoms in total. The second kappa shape index (κ2) is 6.39. The smallest absolute Gasteiger partial charge is 0.349 e. The largest absolute Gasteiger partial charge is 0.450 e. The van der Waals surface area contributed by atoms with Crippen LogP contribution in [0.25, 0.3) is 0 Å². The third kappa shape index (κ3) is 4.67. The molecule has 1 rings (SSSR count).